The van der Waals surface area contributed by atoms with E-state index in [2.05, 4.69) is 6.92 Å². The molecule has 1 fully saturated rings. The first-order valence-corrected chi connectivity index (χ1v) is 5.87. The van der Waals surface area contributed by atoms with E-state index in [1.54, 1.807) is 6.92 Å². The van der Waals surface area contributed by atoms with Gasteiger partial charge in [-0.15, -0.1) is 23.5 Å². The quantitative estimate of drug-likeness (QED) is 0.666. The number of rotatable bonds is 2. The maximum Gasteiger partial charge on any atom is 0.132 e. The van der Waals surface area contributed by atoms with E-state index < -0.39 is 0 Å². The van der Waals surface area contributed by atoms with Crippen LogP contribution in [0.4, 0.5) is 0 Å². The third kappa shape index (κ3) is 3.08. The molecule has 0 aliphatic carbocycles. The highest BCUT2D eigenvalue weighted by Crippen LogP contribution is 2.44. The normalized spacial score (nSPS) is 23.1. The summed E-state index contributed by atoms with van der Waals surface area (Å²) in [7, 11) is 0. The van der Waals surface area contributed by atoms with Gasteiger partial charge < -0.3 is 0 Å². The van der Waals surface area contributed by atoms with Crippen LogP contribution in [0.15, 0.2) is 0 Å². The van der Waals surface area contributed by atoms with Gasteiger partial charge in [0.2, 0.25) is 0 Å². The van der Waals surface area contributed by atoms with Gasteiger partial charge in [0.15, 0.2) is 0 Å². The van der Waals surface area contributed by atoms with Crippen LogP contribution in [0.25, 0.3) is 0 Å². The third-order valence-electron chi connectivity index (χ3n) is 1.67. The number of thioether (sulfide) groups is 2. The summed E-state index contributed by atoms with van der Waals surface area (Å²) >= 11 is 3.87. The van der Waals surface area contributed by atoms with Crippen LogP contribution in [0.2, 0.25) is 0 Å². The number of ketones is 1. The molecule has 1 saturated heterocycles. The van der Waals surface area contributed by atoms with Crippen molar-refractivity contribution in [3.8, 4) is 0 Å². The first-order valence-electron chi connectivity index (χ1n) is 3.90. The number of hydrogen-bond acceptors (Lipinski definition) is 3. The van der Waals surface area contributed by atoms with E-state index in [-0.39, 0.29) is 4.08 Å². The molecule has 0 aromatic rings. The van der Waals surface area contributed by atoms with Crippen LogP contribution in [0, 0.1) is 0 Å². The Balaban J connectivity index is 2.43. The van der Waals surface area contributed by atoms with Gasteiger partial charge in [0, 0.05) is 6.42 Å². The Bertz CT molecular complexity index is 150. The van der Waals surface area contributed by atoms with Gasteiger partial charge in [0.1, 0.15) is 5.78 Å². The van der Waals surface area contributed by atoms with E-state index in [4.69, 9.17) is 0 Å². The van der Waals surface area contributed by atoms with Crippen LogP contribution in [-0.4, -0.2) is 21.4 Å². The molecule has 0 radical (unpaired) electrons. The van der Waals surface area contributed by atoms with Crippen LogP contribution in [0.5, 0.6) is 0 Å². The van der Waals surface area contributed by atoms with Crippen molar-refractivity contribution in [2.75, 3.05) is 11.5 Å². The lowest BCUT2D eigenvalue weighted by Crippen LogP contribution is -2.23. The van der Waals surface area contributed by atoms with Crippen molar-refractivity contribution >= 4 is 29.3 Å². The van der Waals surface area contributed by atoms with Gasteiger partial charge in [-0.3, -0.25) is 4.79 Å². The van der Waals surface area contributed by atoms with E-state index in [1.165, 1.54) is 17.9 Å². The average molecular weight is 190 g/mol. The Kier molecular flexibility index (Phi) is 3.31. The molecule has 1 heterocycles. The van der Waals surface area contributed by atoms with Gasteiger partial charge in [0.25, 0.3) is 0 Å². The molecular weight excluding hydrogens is 176 g/mol. The van der Waals surface area contributed by atoms with Gasteiger partial charge >= 0.3 is 0 Å². The molecule has 11 heavy (non-hydrogen) atoms. The average Bonchev–Trinajstić information content (AvgIpc) is 1.85. The Labute approximate surface area is 76.7 Å². The zero-order valence-corrected chi connectivity index (χ0v) is 8.69. The molecular formula is C8H14OS2. The predicted molar refractivity (Wildman–Crippen MR) is 53.2 cm³/mol. The molecule has 3 heteroatoms. The van der Waals surface area contributed by atoms with Crippen LogP contribution < -0.4 is 0 Å². The van der Waals surface area contributed by atoms with E-state index in [9.17, 15) is 4.79 Å². The molecule has 0 spiro atoms. The second-order valence-electron chi connectivity index (χ2n) is 3.06. The number of Topliss-reactive ketones (excluding diaryl/α,β-unsaturated/α-hetero) is 1. The SMILES string of the molecule is CC(=O)CC1(C)SCCCS1. The monoisotopic (exact) mass is 190 g/mol. The first-order chi connectivity index (χ1) is 5.12. The number of carbonyl (C=O) groups is 1. The minimum absolute atomic E-state index is 0.185. The van der Waals surface area contributed by atoms with Gasteiger partial charge in [-0.25, -0.2) is 0 Å². The van der Waals surface area contributed by atoms with Crippen molar-refractivity contribution < 1.29 is 4.79 Å². The van der Waals surface area contributed by atoms with Gasteiger partial charge in [-0.05, 0) is 31.8 Å². The van der Waals surface area contributed by atoms with Crippen molar-refractivity contribution in [3.05, 3.63) is 0 Å². The Hall–Kier alpha value is 0.370. The summed E-state index contributed by atoms with van der Waals surface area (Å²) in [5.41, 5.74) is 0. The highest BCUT2D eigenvalue weighted by molar-refractivity contribution is 8.18. The molecule has 0 bridgehead atoms. The number of hydrogen-bond donors (Lipinski definition) is 0. The lowest BCUT2D eigenvalue weighted by atomic mass is 10.2. The van der Waals surface area contributed by atoms with E-state index in [1.807, 2.05) is 23.5 Å². The first kappa shape index (κ1) is 9.46. The highest BCUT2D eigenvalue weighted by Gasteiger charge is 2.29. The minimum Gasteiger partial charge on any atom is -0.300 e. The fourth-order valence-corrected chi connectivity index (χ4v) is 4.30. The molecule has 0 aromatic carbocycles. The summed E-state index contributed by atoms with van der Waals surface area (Å²) in [4.78, 5) is 10.9. The lowest BCUT2D eigenvalue weighted by molar-refractivity contribution is -0.117. The van der Waals surface area contributed by atoms with E-state index in [0.29, 0.717) is 5.78 Å². The Morgan fingerprint density at radius 1 is 1.45 bits per heavy atom. The predicted octanol–water partition coefficient (Wildman–Crippen LogP) is 2.55. The molecule has 1 aliphatic heterocycles. The lowest BCUT2D eigenvalue weighted by Gasteiger charge is -2.31. The van der Waals surface area contributed by atoms with Gasteiger partial charge in [-0.1, -0.05) is 0 Å². The smallest absolute Gasteiger partial charge is 0.132 e. The molecule has 64 valence electrons. The van der Waals surface area contributed by atoms with Crippen molar-refractivity contribution in [1.82, 2.24) is 0 Å². The Morgan fingerprint density at radius 2 is 2.00 bits per heavy atom. The van der Waals surface area contributed by atoms with Crippen molar-refractivity contribution in [2.45, 2.75) is 30.8 Å². The molecule has 0 unspecified atom stereocenters. The standard InChI is InChI=1S/C8H14OS2/c1-7(9)6-8(2)10-4-3-5-11-8/h3-6H2,1-2H3. The molecule has 0 saturated carbocycles. The maximum atomic E-state index is 10.9. The summed E-state index contributed by atoms with van der Waals surface area (Å²) in [6, 6.07) is 0. The van der Waals surface area contributed by atoms with E-state index >= 15 is 0 Å². The topological polar surface area (TPSA) is 17.1 Å². The largest absolute Gasteiger partial charge is 0.300 e. The minimum atomic E-state index is 0.185. The van der Waals surface area contributed by atoms with Crippen LogP contribution in [0.1, 0.15) is 26.7 Å². The van der Waals surface area contributed by atoms with E-state index in [0.717, 1.165) is 6.42 Å². The van der Waals surface area contributed by atoms with Crippen molar-refractivity contribution in [1.29, 1.82) is 0 Å². The zero-order chi connectivity index (χ0) is 8.32. The molecule has 1 aliphatic rings. The third-order valence-corrected chi connectivity index (χ3v) is 4.88. The Morgan fingerprint density at radius 3 is 2.45 bits per heavy atom. The fraction of sp³-hybridized carbons (Fsp3) is 0.875. The van der Waals surface area contributed by atoms with Crippen molar-refractivity contribution in [3.63, 3.8) is 0 Å². The van der Waals surface area contributed by atoms with Gasteiger partial charge in [0.05, 0.1) is 4.08 Å². The van der Waals surface area contributed by atoms with Gasteiger partial charge in [-0.2, -0.15) is 0 Å². The molecule has 0 amide bonds. The van der Waals surface area contributed by atoms with Crippen LogP contribution in [0.3, 0.4) is 0 Å². The molecule has 1 rings (SSSR count). The maximum absolute atomic E-state index is 10.9. The zero-order valence-electron chi connectivity index (χ0n) is 7.05. The van der Waals surface area contributed by atoms with Crippen LogP contribution in [-0.2, 0) is 4.79 Å². The molecule has 0 N–H and O–H groups in total. The summed E-state index contributed by atoms with van der Waals surface area (Å²) < 4.78 is 0.185. The molecule has 1 nitrogen and oxygen atoms in total. The fourth-order valence-electron chi connectivity index (χ4n) is 1.23. The van der Waals surface area contributed by atoms with Crippen molar-refractivity contribution in [2.24, 2.45) is 0 Å². The molecule has 0 atom stereocenters. The summed E-state index contributed by atoms with van der Waals surface area (Å²) in [6.07, 6.45) is 2.02. The van der Waals surface area contributed by atoms with Crippen LogP contribution >= 0.6 is 23.5 Å². The summed E-state index contributed by atoms with van der Waals surface area (Å²) in [6.45, 7) is 3.86. The number of carbonyl (C=O) groups excluding carboxylic acids is 1. The highest BCUT2D eigenvalue weighted by atomic mass is 32.2. The molecule has 0 aromatic heterocycles. The summed E-state index contributed by atoms with van der Waals surface area (Å²) in [5.74, 6) is 2.75. The second kappa shape index (κ2) is 3.85. The second-order valence-corrected chi connectivity index (χ2v) is 6.52. The summed E-state index contributed by atoms with van der Waals surface area (Å²) in [5, 5.41) is 0.